The summed E-state index contributed by atoms with van der Waals surface area (Å²) in [4.78, 5) is 246. The van der Waals surface area contributed by atoms with Crippen molar-refractivity contribution in [2.75, 3.05) is 45.1 Å². The van der Waals surface area contributed by atoms with Gasteiger partial charge in [0.15, 0.2) is 5.96 Å². The number of aliphatic hydroxyl groups excluding tert-OH is 2. The maximum atomic E-state index is 15.3. The number of unbranched alkanes of at least 4 members (excludes halogenated alkanes) is 12. The van der Waals surface area contributed by atoms with Gasteiger partial charge < -0.3 is 122 Å². The number of nitrogens with one attached hydrogen (secondary N) is 17. The lowest BCUT2D eigenvalue weighted by Crippen LogP contribution is -2.62. The van der Waals surface area contributed by atoms with Crippen LogP contribution in [-0.4, -0.2) is 268 Å². The molecule has 734 valence electrons. The van der Waals surface area contributed by atoms with Crippen LogP contribution in [0.5, 0.6) is 0 Å². The summed E-state index contributed by atoms with van der Waals surface area (Å²) in [7, 11) is -4.13. The van der Waals surface area contributed by atoms with E-state index in [1.165, 1.54) is 12.5 Å². The highest BCUT2D eigenvalue weighted by Crippen LogP contribution is 2.24. The van der Waals surface area contributed by atoms with E-state index in [9.17, 15) is 85.8 Å². The SMILES string of the molecule is CCCC[C@H](NC(=O)[C@H](CN)NC(=O)[C@H](Cc1c[nH]cn1)NC(=O)[C@H](CCC(N)=O)NC(=O)[C@H](CO)NC(=O)CNC(=O)CCCS(=O)(=O)NC(=O)CCCCCCCCCCCCCCC(=O)O)C(=O)N[C@H]1CCC(=O)NCCCC[C@@H](C(N)=O)NC(=O)[C@H](Cc2c[nH]c3ccccc23)NC(=O)[C@H](CCCNC(=N)N)NC(=O)[C@@H](Cc2ccccc2)NC(=O)[C@@H]2C[C@@H](O)CN2C1=O. The number of sulfonamides is 1. The van der Waals surface area contributed by atoms with Crippen molar-refractivity contribution < 1.29 is 105 Å². The molecule has 4 aromatic rings. The van der Waals surface area contributed by atoms with Crippen molar-refractivity contribution in [2.45, 2.75) is 285 Å². The van der Waals surface area contributed by atoms with Gasteiger partial charge in [0.05, 0.1) is 37.0 Å². The van der Waals surface area contributed by atoms with Gasteiger partial charge in [-0.2, -0.15) is 0 Å². The standard InChI is InChI=1S/C87H133N23O22S/c1-2-3-28-60(102-83(127)67(46-88)108-82(126)66(44-55-48-93-52-98-55)106-79(123)62(35-37-70(89)113)103-84(128)68(51-111)99-74(117)49-97-71(114)33-24-41-133(131,132)109-73(116)32-17-12-10-8-6-4-5-7-9-11-13-18-34-75(118)119)77(121)104-63-36-38-72(115)94-39-22-21-30-59(76(90)120)100-81(125)65(43-54-47-96-58-29-20-19-27-57(54)58)105-78(122)61(31-23-40-95-87(91)92)101-80(124)64(42-53-25-15-14-16-26-53)107-85(129)69-45-56(112)50-110(69)86(63)130/h14-16,19-20,25-27,29,47-48,52,56,59-69,96,111-112H,2-13,17-18,21-24,28,30-46,49-51,88H2,1H3,(H2,89,113)(H2,90,120)(H,93,98)(H,94,115)(H,97,114)(H,99,117)(H,100,125)(H,101,124)(H,102,127)(H,103,128)(H,104,121)(H,105,122)(H,106,123)(H,107,129)(H,108,126)(H,109,116)(H,118,119)(H4,91,92,95)/t56-,59+,60+,61+,62+,63+,64-,65+,66+,67+,68+,69+/m1/s1. The lowest BCUT2D eigenvalue weighted by molar-refractivity contribution is -0.143. The number of rotatable bonds is 52. The van der Waals surface area contributed by atoms with E-state index in [1.54, 1.807) is 67.7 Å². The van der Waals surface area contributed by atoms with Crippen LogP contribution in [-0.2, 0) is 111 Å². The van der Waals surface area contributed by atoms with Gasteiger partial charge in [0, 0.05) is 107 Å². The Labute approximate surface area is 771 Å². The van der Waals surface area contributed by atoms with E-state index >= 15 is 14.4 Å². The third kappa shape index (κ3) is 40.5. The first-order valence-corrected chi connectivity index (χ1v) is 47.1. The predicted octanol–water partition coefficient (Wildman–Crippen LogP) is -3.15. The highest BCUT2D eigenvalue weighted by molar-refractivity contribution is 7.90. The zero-order chi connectivity index (χ0) is 97.4. The number of aromatic amines is 2. The normalized spacial score (nSPS) is 19.0. The number of carbonyl (C=O) groups excluding carboxylic acids is 16. The summed E-state index contributed by atoms with van der Waals surface area (Å²) < 4.78 is 27.3. The molecule has 0 aliphatic carbocycles. The first-order chi connectivity index (χ1) is 63.6. The van der Waals surface area contributed by atoms with E-state index in [0.29, 0.717) is 41.3 Å². The molecule has 4 heterocycles. The smallest absolute Gasteiger partial charge is 0.303 e. The van der Waals surface area contributed by atoms with Crippen molar-refractivity contribution in [1.82, 2.24) is 93.7 Å². The molecule has 6 rings (SSSR count). The number of hydrogen-bond acceptors (Lipinski definition) is 24. The van der Waals surface area contributed by atoms with E-state index < -0.39 is 260 Å². The molecule has 2 aliphatic rings. The van der Waals surface area contributed by atoms with Gasteiger partial charge in [-0.3, -0.25) is 91.6 Å². The Balaban J connectivity index is 1.13. The molecule has 45 nitrogen and oxygen atoms in total. The summed E-state index contributed by atoms with van der Waals surface area (Å²) in [6.07, 6.45) is 10.9. The van der Waals surface area contributed by atoms with Crippen LogP contribution in [0.3, 0.4) is 0 Å². The van der Waals surface area contributed by atoms with Crippen LogP contribution in [0.1, 0.15) is 210 Å². The second kappa shape index (κ2) is 58.2. The number of primary amides is 2. The number of carboxylic acid groups (broad SMARTS) is 1. The minimum atomic E-state index is -4.13. The van der Waals surface area contributed by atoms with Gasteiger partial charge in [-0.15, -0.1) is 0 Å². The number of imidazole rings is 1. The number of carbonyl (C=O) groups is 17. The number of hydrogen-bond donors (Lipinski definition) is 24. The zero-order valence-corrected chi connectivity index (χ0v) is 76.0. The molecular formula is C87H133N23O22S. The van der Waals surface area contributed by atoms with E-state index in [-0.39, 0.29) is 102 Å². The summed E-state index contributed by atoms with van der Waals surface area (Å²) >= 11 is 0. The van der Waals surface area contributed by atoms with Crippen molar-refractivity contribution in [3.8, 4) is 0 Å². The molecule has 12 atom stereocenters. The molecule has 0 bridgehead atoms. The largest absolute Gasteiger partial charge is 0.481 e. The van der Waals surface area contributed by atoms with Crippen LogP contribution in [0.4, 0.5) is 0 Å². The molecular weight excluding hydrogens is 1750 g/mol. The topological polar surface area (TPSA) is 729 Å². The van der Waals surface area contributed by atoms with E-state index in [4.69, 9.17) is 33.5 Å². The number of aliphatic carboxylic acids is 1. The fourth-order valence-corrected chi connectivity index (χ4v) is 16.2. The molecule has 2 aromatic carbocycles. The zero-order valence-electron chi connectivity index (χ0n) is 75.1. The third-order valence-electron chi connectivity index (χ3n) is 22.5. The first-order valence-electron chi connectivity index (χ1n) is 45.4. The van der Waals surface area contributed by atoms with Crippen molar-refractivity contribution in [3.63, 3.8) is 0 Å². The van der Waals surface area contributed by atoms with Crippen molar-refractivity contribution in [1.29, 1.82) is 5.41 Å². The highest BCUT2D eigenvalue weighted by Gasteiger charge is 2.44. The van der Waals surface area contributed by atoms with Gasteiger partial charge in [0.25, 0.3) is 0 Å². The Bertz CT molecular complexity index is 4660. The van der Waals surface area contributed by atoms with Crippen LogP contribution >= 0.6 is 0 Å². The van der Waals surface area contributed by atoms with Gasteiger partial charge >= 0.3 is 5.97 Å². The molecule has 2 fully saturated rings. The Morgan fingerprint density at radius 1 is 0.602 bits per heavy atom. The fourth-order valence-electron chi connectivity index (χ4n) is 15.2. The van der Waals surface area contributed by atoms with Crippen LogP contribution in [0.15, 0.2) is 73.3 Å². The summed E-state index contributed by atoms with van der Waals surface area (Å²) in [6.45, 7) is -1.30. The van der Waals surface area contributed by atoms with Crippen molar-refractivity contribution in [3.05, 3.63) is 90.1 Å². The third-order valence-corrected chi connectivity index (χ3v) is 23.8. The Morgan fingerprint density at radius 2 is 1.19 bits per heavy atom. The molecule has 2 saturated heterocycles. The molecule has 0 unspecified atom stereocenters. The number of H-pyrrole nitrogens is 2. The average Bonchev–Trinajstić information content (AvgIpc) is 1.81. The number of nitrogens with zero attached hydrogens (tertiary/aromatic N) is 2. The molecule has 0 spiro atoms. The van der Waals surface area contributed by atoms with Crippen LogP contribution in [0.25, 0.3) is 10.9 Å². The van der Waals surface area contributed by atoms with Crippen LogP contribution < -0.4 is 96.8 Å². The van der Waals surface area contributed by atoms with Crippen molar-refractivity contribution >= 4 is 127 Å². The fraction of sp³-hybridized carbons (Fsp3) is 0.598. The van der Waals surface area contributed by atoms with Gasteiger partial charge in [-0.05, 0) is 87.8 Å². The van der Waals surface area contributed by atoms with Crippen molar-refractivity contribution in [2.24, 2.45) is 22.9 Å². The molecule has 0 saturated carbocycles. The molecule has 133 heavy (non-hydrogen) atoms. The number of aliphatic hydroxyl groups is 2. The summed E-state index contributed by atoms with van der Waals surface area (Å²) in [5.74, 6) is -17.0. The number of benzene rings is 2. The lowest BCUT2D eigenvalue weighted by Gasteiger charge is -2.31. The lowest BCUT2D eigenvalue weighted by atomic mass is 10.0. The second-order valence-electron chi connectivity index (χ2n) is 33.3. The molecule has 28 N–H and O–H groups in total. The number of para-hydroxylation sites is 1. The highest BCUT2D eigenvalue weighted by atomic mass is 32.2. The van der Waals surface area contributed by atoms with Crippen LogP contribution in [0.2, 0.25) is 0 Å². The summed E-state index contributed by atoms with van der Waals surface area (Å²) in [5.41, 5.74) is 25.0. The van der Waals surface area contributed by atoms with Gasteiger partial charge in [-0.1, -0.05) is 133 Å². The number of guanidine groups is 1. The molecule has 16 amide bonds. The Kier molecular flexibility index (Phi) is 47.7. The average molecular weight is 1890 g/mol. The Hall–Kier alpha value is -12.7. The van der Waals surface area contributed by atoms with E-state index in [1.807, 2.05) is 4.72 Å². The van der Waals surface area contributed by atoms with E-state index in [0.717, 1.165) is 69.1 Å². The number of fused-ring (bicyclic) bond motifs is 2. The van der Waals surface area contributed by atoms with E-state index in [2.05, 4.69) is 84.1 Å². The second-order valence-corrected chi connectivity index (χ2v) is 35.1. The number of aromatic nitrogens is 3. The Morgan fingerprint density at radius 3 is 1.83 bits per heavy atom. The van der Waals surface area contributed by atoms with Gasteiger partial charge in [0.2, 0.25) is 105 Å². The van der Waals surface area contributed by atoms with Gasteiger partial charge in [-0.25, -0.2) is 13.4 Å². The minimum Gasteiger partial charge on any atom is -0.481 e. The molecule has 0 radical (unpaired) electrons. The molecule has 2 aromatic heterocycles. The molecule has 46 heteroatoms. The first kappa shape index (κ1) is 109. The maximum Gasteiger partial charge on any atom is 0.303 e. The van der Waals surface area contributed by atoms with Gasteiger partial charge in [0.1, 0.15) is 66.5 Å². The minimum absolute atomic E-state index is 0.0226. The monoisotopic (exact) mass is 1880 g/mol. The molecule has 2 aliphatic heterocycles. The number of carboxylic acids is 1. The summed E-state index contributed by atoms with van der Waals surface area (Å²) in [6, 6.07) is -2.05. The number of amides is 16. The number of nitrogens with two attached hydrogens (primary N) is 4. The predicted molar refractivity (Wildman–Crippen MR) is 485 cm³/mol. The summed E-state index contributed by atoms with van der Waals surface area (Å²) in [5, 5.41) is 72.0. The maximum absolute atomic E-state index is 15.3. The quantitative estimate of drug-likeness (QED) is 0.0118. The van der Waals surface area contributed by atoms with Crippen LogP contribution in [0, 0.1) is 5.41 Å².